The first-order valence-corrected chi connectivity index (χ1v) is 4.79. The molecule has 1 aromatic heterocycles. The maximum Gasteiger partial charge on any atom is 0.102 e. The van der Waals surface area contributed by atoms with E-state index < -0.39 is 0 Å². The Labute approximate surface area is 79.0 Å². The minimum Gasteiger partial charge on any atom is -0.271 e. The van der Waals surface area contributed by atoms with E-state index in [1.165, 1.54) is 19.3 Å². The van der Waals surface area contributed by atoms with Crippen molar-refractivity contribution in [2.24, 2.45) is 0 Å². The molecule has 0 unspecified atom stereocenters. The predicted molar refractivity (Wildman–Crippen MR) is 51.1 cm³/mol. The highest BCUT2D eigenvalue weighted by Crippen LogP contribution is 2.02. The molecule has 1 aromatic rings. The molecule has 0 saturated heterocycles. The van der Waals surface area contributed by atoms with Crippen molar-refractivity contribution in [2.75, 3.05) is 0 Å². The lowest BCUT2D eigenvalue weighted by Gasteiger charge is -1.99. The van der Waals surface area contributed by atoms with Crippen LogP contribution in [0.5, 0.6) is 0 Å². The summed E-state index contributed by atoms with van der Waals surface area (Å²) in [5, 5.41) is 12.6. The molecule has 0 bridgehead atoms. The van der Waals surface area contributed by atoms with Gasteiger partial charge in [-0.05, 0) is 6.42 Å². The summed E-state index contributed by atoms with van der Waals surface area (Å²) in [6.45, 7) is 3.13. The largest absolute Gasteiger partial charge is 0.271 e. The van der Waals surface area contributed by atoms with Crippen LogP contribution < -0.4 is 0 Å². The Balaban J connectivity index is 2.25. The summed E-state index contributed by atoms with van der Waals surface area (Å²) in [4.78, 5) is 0. The average molecular weight is 177 g/mol. The number of unbranched alkanes of at least 4 members (excludes halogenated alkanes) is 3. The van der Waals surface area contributed by atoms with E-state index in [4.69, 9.17) is 5.26 Å². The van der Waals surface area contributed by atoms with E-state index in [1.54, 1.807) is 12.4 Å². The second-order valence-electron chi connectivity index (χ2n) is 3.16. The van der Waals surface area contributed by atoms with Crippen molar-refractivity contribution < 1.29 is 0 Å². The van der Waals surface area contributed by atoms with Gasteiger partial charge in [0.05, 0.1) is 11.8 Å². The van der Waals surface area contributed by atoms with Crippen LogP contribution in [0.25, 0.3) is 0 Å². The van der Waals surface area contributed by atoms with E-state index in [9.17, 15) is 0 Å². The number of hydrogen-bond donors (Lipinski definition) is 0. The van der Waals surface area contributed by atoms with Crippen LogP contribution in [0.2, 0.25) is 0 Å². The smallest absolute Gasteiger partial charge is 0.102 e. The van der Waals surface area contributed by atoms with Crippen molar-refractivity contribution in [3.63, 3.8) is 0 Å². The highest BCUT2D eigenvalue weighted by Gasteiger charge is 1.95. The molecule has 0 N–H and O–H groups in total. The van der Waals surface area contributed by atoms with Crippen LogP contribution in [-0.4, -0.2) is 9.78 Å². The Kier molecular flexibility index (Phi) is 4.04. The molecular weight excluding hydrogens is 162 g/mol. The zero-order chi connectivity index (χ0) is 9.52. The lowest BCUT2D eigenvalue weighted by atomic mass is 10.2. The lowest BCUT2D eigenvalue weighted by molar-refractivity contribution is 0.541. The van der Waals surface area contributed by atoms with Gasteiger partial charge >= 0.3 is 0 Å². The average Bonchev–Trinajstić information content (AvgIpc) is 2.60. The van der Waals surface area contributed by atoms with Crippen LogP contribution in [0.1, 0.15) is 38.2 Å². The third kappa shape index (κ3) is 3.29. The van der Waals surface area contributed by atoms with Crippen LogP contribution in [-0.2, 0) is 6.54 Å². The van der Waals surface area contributed by atoms with Gasteiger partial charge < -0.3 is 0 Å². The van der Waals surface area contributed by atoms with Gasteiger partial charge in [-0.2, -0.15) is 10.4 Å². The summed E-state index contributed by atoms with van der Waals surface area (Å²) < 4.78 is 1.84. The van der Waals surface area contributed by atoms with Gasteiger partial charge in [-0.1, -0.05) is 26.2 Å². The van der Waals surface area contributed by atoms with Gasteiger partial charge in [0, 0.05) is 12.7 Å². The number of nitriles is 1. The molecule has 0 atom stereocenters. The zero-order valence-electron chi connectivity index (χ0n) is 8.03. The highest BCUT2D eigenvalue weighted by atomic mass is 15.3. The minimum atomic E-state index is 0.649. The van der Waals surface area contributed by atoms with Crippen molar-refractivity contribution in [1.29, 1.82) is 5.26 Å². The monoisotopic (exact) mass is 177 g/mol. The molecule has 0 saturated carbocycles. The van der Waals surface area contributed by atoms with E-state index in [2.05, 4.69) is 18.1 Å². The van der Waals surface area contributed by atoms with Crippen molar-refractivity contribution in [1.82, 2.24) is 9.78 Å². The molecule has 13 heavy (non-hydrogen) atoms. The van der Waals surface area contributed by atoms with Crippen LogP contribution in [0.3, 0.4) is 0 Å². The van der Waals surface area contributed by atoms with Crippen LogP contribution >= 0.6 is 0 Å². The summed E-state index contributed by atoms with van der Waals surface area (Å²) in [5.74, 6) is 0. The molecule has 3 heteroatoms. The Morgan fingerprint density at radius 1 is 1.46 bits per heavy atom. The van der Waals surface area contributed by atoms with E-state index in [0.29, 0.717) is 5.56 Å². The Morgan fingerprint density at radius 2 is 2.31 bits per heavy atom. The van der Waals surface area contributed by atoms with Crippen molar-refractivity contribution in [3.8, 4) is 6.07 Å². The Morgan fingerprint density at radius 3 is 2.92 bits per heavy atom. The van der Waals surface area contributed by atoms with Crippen molar-refractivity contribution >= 4 is 0 Å². The number of rotatable bonds is 5. The molecule has 0 radical (unpaired) electrons. The number of aryl methyl sites for hydroxylation is 1. The third-order valence-electron chi connectivity index (χ3n) is 2.00. The quantitative estimate of drug-likeness (QED) is 0.648. The molecule has 0 amide bonds. The van der Waals surface area contributed by atoms with E-state index in [1.807, 2.05) is 4.68 Å². The van der Waals surface area contributed by atoms with Gasteiger partial charge in [0.2, 0.25) is 0 Å². The first kappa shape index (κ1) is 9.79. The predicted octanol–water partition coefficient (Wildman–Crippen LogP) is 2.34. The summed E-state index contributed by atoms with van der Waals surface area (Å²) in [6.07, 6.45) is 8.35. The first-order valence-electron chi connectivity index (χ1n) is 4.79. The second-order valence-corrected chi connectivity index (χ2v) is 3.16. The normalized spacial score (nSPS) is 9.85. The molecule has 1 rings (SSSR count). The van der Waals surface area contributed by atoms with Crippen molar-refractivity contribution in [2.45, 2.75) is 39.2 Å². The van der Waals surface area contributed by atoms with E-state index >= 15 is 0 Å². The topological polar surface area (TPSA) is 41.6 Å². The van der Waals surface area contributed by atoms with Gasteiger partial charge in [-0.3, -0.25) is 4.68 Å². The molecule has 0 aromatic carbocycles. The van der Waals surface area contributed by atoms with Gasteiger partial charge in [0.25, 0.3) is 0 Å². The maximum atomic E-state index is 8.56. The molecule has 0 spiro atoms. The molecular formula is C10H15N3. The molecule has 0 aliphatic heterocycles. The molecule has 70 valence electrons. The fraction of sp³-hybridized carbons (Fsp3) is 0.600. The number of aromatic nitrogens is 2. The summed E-state index contributed by atoms with van der Waals surface area (Å²) >= 11 is 0. The van der Waals surface area contributed by atoms with Crippen molar-refractivity contribution in [3.05, 3.63) is 18.0 Å². The first-order chi connectivity index (χ1) is 6.36. The lowest BCUT2D eigenvalue weighted by Crippen LogP contribution is -1.97. The standard InChI is InChI=1S/C10H15N3/c1-2-3-4-5-6-13-9-10(7-11)8-12-13/h8-9H,2-6H2,1H3. The summed E-state index contributed by atoms with van der Waals surface area (Å²) in [7, 11) is 0. The Hall–Kier alpha value is -1.30. The highest BCUT2D eigenvalue weighted by molar-refractivity contribution is 5.21. The van der Waals surface area contributed by atoms with Gasteiger partial charge in [-0.25, -0.2) is 0 Å². The van der Waals surface area contributed by atoms with Gasteiger partial charge in [-0.15, -0.1) is 0 Å². The fourth-order valence-corrected chi connectivity index (χ4v) is 1.24. The summed E-state index contributed by atoms with van der Waals surface area (Å²) in [6, 6.07) is 2.07. The molecule has 0 aliphatic rings. The molecule has 3 nitrogen and oxygen atoms in total. The van der Waals surface area contributed by atoms with E-state index in [-0.39, 0.29) is 0 Å². The minimum absolute atomic E-state index is 0.649. The van der Waals surface area contributed by atoms with Crippen LogP contribution in [0, 0.1) is 11.3 Å². The SMILES string of the molecule is CCCCCCn1cc(C#N)cn1. The molecule has 0 aliphatic carbocycles. The van der Waals surface area contributed by atoms with Gasteiger partial charge in [0.15, 0.2) is 0 Å². The fourth-order valence-electron chi connectivity index (χ4n) is 1.24. The zero-order valence-corrected chi connectivity index (χ0v) is 8.03. The Bertz CT molecular complexity index is 283. The second kappa shape index (κ2) is 5.36. The van der Waals surface area contributed by atoms with Gasteiger partial charge in [0.1, 0.15) is 6.07 Å². The summed E-state index contributed by atoms with van der Waals surface area (Å²) in [5.41, 5.74) is 0.649. The van der Waals surface area contributed by atoms with Crippen LogP contribution in [0.4, 0.5) is 0 Å². The maximum absolute atomic E-state index is 8.56. The van der Waals surface area contributed by atoms with Crippen LogP contribution in [0.15, 0.2) is 12.4 Å². The third-order valence-corrected chi connectivity index (χ3v) is 2.00. The number of hydrogen-bond acceptors (Lipinski definition) is 2. The van der Waals surface area contributed by atoms with E-state index in [0.717, 1.165) is 13.0 Å². The number of nitrogens with zero attached hydrogens (tertiary/aromatic N) is 3. The molecule has 1 heterocycles. The molecule has 0 fully saturated rings.